The van der Waals surface area contributed by atoms with Crippen LogP contribution in [0.25, 0.3) is 0 Å². The number of hydrogen-bond donors (Lipinski definition) is 1. The van der Waals surface area contributed by atoms with Crippen LogP contribution in [0.2, 0.25) is 0 Å². The highest BCUT2D eigenvalue weighted by atomic mass is 16.6. The van der Waals surface area contributed by atoms with Gasteiger partial charge in [0.15, 0.2) is 0 Å². The monoisotopic (exact) mass is 306 g/mol. The number of anilines is 1. The summed E-state index contributed by atoms with van der Waals surface area (Å²) >= 11 is 0. The highest BCUT2D eigenvalue weighted by molar-refractivity contribution is 5.94. The van der Waals surface area contributed by atoms with Crippen LogP contribution in [0, 0.1) is 30.9 Å². The van der Waals surface area contributed by atoms with E-state index in [0.29, 0.717) is 17.1 Å². The Morgan fingerprint density at radius 2 is 2.00 bits per heavy atom. The first-order valence-corrected chi connectivity index (χ1v) is 6.74. The molecule has 0 saturated carbocycles. The van der Waals surface area contributed by atoms with Crippen LogP contribution in [-0.4, -0.2) is 30.4 Å². The Morgan fingerprint density at radius 3 is 2.45 bits per heavy atom. The van der Waals surface area contributed by atoms with E-state index in [4.69, 9.17) is 0 Å². The van der Waals surface area contributed by atoms with Gasteiger partial charge in [0.25, 0.3) is 5.91 Å². The quantitative estimate of drug-likeness (QED) is 0.682. The van der Waals surface area contributed by atoms with Crippen LogP contribution in [0.5, 0.6) is 0 Å². The summed E-state index contributed by atoms with van der Waals surface area (Å²) in [7, 11) is 1.79. The Bertz CT molecular complexity index is 745. The molecule has 9 nitrogen and oxygen atoms in total. The van der Waals surface area contributed by atoms with Crippen molar-refractivity contribution in [2.45, 2.75) is 33.7 Å². The van der Waals surface area contributed by atoms with Gasteiger partial charge in [0, 0.05) is 7.05 Å². The van der Waals surface area contributed by atoms with Gasteiger partial charge in [-0.1, -0.05) is 0 Å². The van der Waals surface area contributed by atoms with Gasteiger partial charge in [0.05, 0.1) is 33.9 Å². The van der Waals surface area contributed by atoms with Crippen molar-refractivity contribution in [1.82, 2.24) is 19.6 Å². The van der Waals surface area contributed by atoms with Gasteiger partial charge in [-0.15, -0.1) is 0 Å². The lowest BCUT2D eigenvalue weighted by Gasteiger charge is -2.11. The van der Waals surface area contributed by atoms with Crippen molar-refractivity contribution in [3.8, 4) is 0 Å². The molecule has 0 aliphatic rings. The molecule has 1 amide bonds. The fourth-order valence-corrected chi connectivity index (χ4v) is 2.25. The number of hydrogen-bond acceptors (Lipinski definition) is 5. The maximum Gasteiger partial charge on any atom is 0.390 e. The van der Waals surface area contributed by atoms with Gasteiger partial charge in [-0.25, -0.2) is 0 Å². The smallest absolute Gasteiger partial charge is 0.358 e. The van der Waals surface area contributed by atoms with Crippen molar-refractivity contribution in [3.05, 3.63) is 33.3 Å². The van der Waals surface area contributed by atoms with Gasteiger partial charge in [-0.05, 0) is 32.6 Å². The lowest BCUT2D eigenvalue weighted by Crippen LogP contribution is -2.25. The lowest BCUT2D eigenvalue weighted by atomic mass is 10.2. The third-order valence-electron chi connectivity index (χ3n) is 3.60. The molecular formula is C13H18N6O3. The summed E-state index contributed by atoms with van der Waals surface area (Å²) in [5.41, 5.74) is 2.75. The second-order valence-electron chi connectivity index (χ2n) is 5.18. The molecule has 2 aromatic rings. The molecule has 0 bridgehead atoms. The molecule has 0 fully saturated rings. The van der Waals surface area contributed by atoms with Crippen LogP contribution in [0.15, 0.2) is 6.07 Å². The summed E-state index contributed by atoms with van der Waals surface area (Å²) in [6.45, 7) is 6.96. The van der Waals surface area contributed by atoms with Gasteiger partial charge in [0.1, 0.15) is 6.04 Å². The molecule has 0 aliphatic carbocycles. The van der Waals surface area contributed by atoms with Crippen LogP contribution in [0.4, 0.5) is 11.5 Å². The molecule has 0 aromatic carbocycles. The predicted molar refractivity (Wildman–Crippen MR) is 79.6 cm³/mol. The average Bonchev–Trinajstić information content (AvgIpc) is 2.94. The molecule has 1 atom stereocenters. The summed E-state index contributed by atoms with van der Waals surface area (Å²) < 4.78 is 3.02. The average molecular weight is 306 g/mol. The van der Waals surface area contributed by atoms with E-state index >= 15 is 0 Å². The van der Waals surface area contributed by atoms with E-state index in [2.05, 4.69) is 15.5 Å². The maximum atomic E-state index is 12.4. The second kappa shape index (κ2) is 5.58. The number of aryl methyl sites for hydroxylation is 3. The van der Waals surface area contributed by atoms with Crippen LogP contribution < -0.4 is 5.32 Å². The summed E-state index contributed by atoms with van der Waals surface area (Å²) in [6, 6.07) is 0.664. The molecule has 0 saturated heterocycles. The fourth-order valence-electron chi connectivity index (χ4n) is 2.25. The van der Waals surface area contributed by atoms with E-state index in [9.17, 15) is 14.9 Å². The highest BCUT2D eigenvalue weighted by Gasteiger charge is 2.25. The van der Waals surface area contributed by atoms with Crippen molar-refractivity contribution in [2.75, 3.05) is 5.32 Å². The number of rotatable bonds is 4. The number of aromatic nitrogens is 4. The second-order valence-corrected chi connectivity index (χ2v) is 5.18. The number of amides is 1. The first-order valence-electron chi connectivity index (χ1n) is 6.74. The van der Waals surface area contributed by atoms with Gasteiger partial charge in [-0.2, -0.15) is 9.78 Å². The molecular weight excluding hydrogens is 288 g/mol. The summed E-state index contributed by atoms with van der Waals surface area (Å²) in [5, 5.41) is 21.7. The van der Waals surface area contributed by atoms with Crippen molar-refractivity contribution < 1.29 is 9.72 Å². The number of carbonyl (C=O) groups is 1. The number of nitrogens with one attached hydrogen (secondary N) is 1. The zero-order valence-electron chi connectivity index (χ0n) is 13.1. The minimum absolute atomic E-state index is 0.272. The molecule has 118 valence electrons. The normalized spacial score (nSPS) is 12.2. The van der Waals surface area contributed by atoms with E-state index in [1.807, 2.05) is 6.92 Å². The Hall–Kier alpha value is -2.71. The predicted octanol–water partition coefficient (Wildman–Crippen LogP) is 1.65. The van der Waals surface area contributed by atoms with E-state index in [-0.39, 0.29) is 11.7 Å². The van der Waals surface area contributed by atoms with Gasteiger partial charge in [-0.3, -0.25) is 9.48 Å². The summed E-state index contributed by atoms with van der Waals surface area (Å²) in [5.74, 6) is -0.578. The van der Waals surface area contributed by atoms with E-state index in [1.165, 1.54) is 10.7 Å². The van der Waals surface area contributed by atoms with Crippen molar-refractivity contribution in [1.29, 1.82) is 0 Å². The first-order chi connectivity index (χ1) is 10.2. The Balaban J connectivity index is 2.24. The molecule has 2 aromatic heterocycles. The molecule has 0 aliphatic heterocycles. The van der Waals surface area contributed by atoms with Gasteiger partial charge >= 0.3 is 5.82 Å². The SMILES string of the molecule is Cc1nn(C)c(C)c1NC(=O)C(C)n1nc([N+](=O)[O-])cc1C. The van der Waals surface area contributed by atoms with Crippen molar-refractivity contribution >= 4 is 17.4 Å². The Kier molecular flexibility index (Phi) is 3.98. The molecule has 0 spiro atoms. The van der Waals surface area contributed by atoms with E-state index in [1.54, 1.807) is 32.5 Å². The van der Waals surface area contributed by atoms with E-state index < -0.39 is 11.0 Å². The Morgan fingerprint density at radius 1 is 1.36 bits per heavy atom. The van der Waals surface area contributed by atoms with E-state index in [0.717, 1.165) is 5.69 Å². The van der Waals surface area contributed by atoms with Gasteiger partial charge in [0.2, 0.25) is 0 Å². The van der Waals surface area contributed by atoms with Crippen LogP contribution in [-0.2, 0) is 11.8 Å². The lowest BCUT2D eigenvalue weighted by molar-refractivity contribution is -0.389. The standard InChI is InChI=1S/C13H18N6O3/c1-7-6-11(19(21)22)16-18(7)10(4)13(20)14-12-8(2)15-17(5)9(12)3/h6,10H,1-5H3,(H,14,20). The minimum Gasteiger partial charge on any atom is -0.358 e. The molecule has 22 heavy (non-hydrogen) atoms. The third-order valence-corrected chi connectivity index (χ3v) is 3.60. The topological polar surface area (TPSA) is 108 Å². The molecule has 9 heteroatoms. The molecule has 0 radical (unpaired) electrons. The van der Waals surface area contributed by atoms with Crippen molar-refractivity contribution in [3.63, 3.8) is 0 Å². The number of carbonyl (C=O) groups excluding carboxylic acids is 1. The number of nitro groups is 1. The Labute approximate surface area is 127 Å². The minimum atomic E-state index is -0.673. The zero-order chi connectivity index (χ0) is 16.6. The molecule has 2 heterocycles. The first kappa shape index (κ1) is 15.7. The molecule has 1 N–H and O–H groups in total. The summed E-state index contributed by atoms with van der Waals surface area (Å²) in [4.78, 5) is 22.6. The van der Waals surface area contributed by atoms with Crippen LogP contribution in [0.3, 0.4) is 0 Å². The third kappa shape index (κ3) is 2.69. The number of nitrogens with zero attached hydrogens (tertiary/aromatic N) is 5. The maximum absolute atomic E-state index is 12.4. The largest absolute Gasteiger partial charge is 0.390 e. The molecule has 2 rings (SSSR count). The molecule has 1 unspecified atom stereocenters. The summed E-state index contributed by atoms with van der Waals surface area (Å²) in [6.07, 6.45) is 0. The van der Waals surface area contributed by atoms with Crippen LogP contribution in [0.1, 0.15) is 30.0 Å². The highest BCUT2D eigenvalue weighted by Crippen LogP contribution is 2.21. The van der Waals surface area contributed by atoms with Crippen LogP contribution >= 0.6 is 0 Å². The fraction of sp³-hybridized carbons (Fsp3) is 0.462. The van der Waals surface area contributed by atoms with Crippen molar-refractivity contribution in [2.24, 2.45) is 7.05 Å². The van der Waals surface area contributed by atoms with Gasteiger partial charge < -0.3 is 15.4 Å². The zero-order valence-corrected chi connectivity index (χ0v) is 13.1.